The Labute approximate surface area is 90.3 Å². The van der Waals surface area contributed by atoms with Crippen LogP contribution in [0.15, 0.2) is 16.8 Å². The molecule has 0 aromatic carbocycles. The van der Waals surface area contributed by atoms with Crippen LogP contribution in [0.25, 0.3) is 0 Å². The zero-order valence-electron chi connectivity index (χ0n) is 8.95. The average Bonchev–Trinajstić information content (AvgIpc) is 2.65. The van der Waals surface area contributed by atoms with E-state index >= 15 is 0 Å². The van der Waals surface area contributed by atoms with Gasteiger partial charge in [0.05, 0.1) is 6.61 Å². The maximum atomic E-state index is 4.97. The number of ether oxygens (including phenoxy) is 1. The predicted molar refractivity (Wildman–Crippen MR) is 61.9 cm³/mol. The van der Waals surface area contributed by atoms with Crippen molar-refractivity contribution in [3.8, 4) is 0 Å². The summed E-state index contributed by atoms with van der Waals surface area (Å²) >= 11 is 1.77. The highest BCUT2D eigenvalue weighted by molar-refractivity contribution is 7.07. The molecule has 0 aliphatic carbocycles. The fraction of sp³-hybridized carbons (Fsp3) is 0.636. The Hall–Kier alpha value is -0.380. The van der Waals surface area contributed by atoms with Crippen LogP contribution in [0.4, 0.5) is 0 Å². The summed E-state index contributed by atoms with van der Waals surface area (Å²) in [6, 6.07) is 2.20. The highest BCUT2D eigenvalue weighted by Gasteiger charge is 2.02. The van der Waals surface area contributed by atoms with E-state index in [1.807, 2.05) is 0 Å². The molecule has 0 aliphatic rings. The van der Waals surface area contributed by atoms with E-state index in [9.17, 15) is 0 Å². The smallest absolute Gasteiger partial charge is 0.0587 e. The Balaban J connectivity index is 2.07. The Morgan fingerprint density at radius 2 is 2.43 bits per heavy atom. The number of methoxy groups -OCH3 is 1. The van der Waals surface area contributed by atoms with Gasteiger partial charge in [0.25, 0.3) is 0 Å². The Morgan fingerprint density at radius 3 is 3.07 bits per heavy atom. The maximum Gasteiger partial charge on any atom is 0.0587 e. The monoisotopic (exact) mass is 213 g/mol. The summed E-state index contributed by atoms with van der Waals surface area (Å²) in [7, 11) is 1.73. The molecule has 2 nitrogen and oxygen atoms in total. The molecule has 1 aromatic heterocycles. The van der Waals surface area contributed by atoms with Crippen LogP contribution in [0, 0.1) is 5.92 Å². The number of thiophene rings is 1. The van der Waals surface area contributed by atoms with E-state index in [1.54, 1.807) is 18.4 Å². The molecule has 1 atom stereocenters. The van der Waals surface area contributed by atoms with Crippen molar-refractivity contribution in [2.75, 3.05) is 26.8 Å². The maximum absolute atomic E-state index is 4.97. The quantitative estimate of drug-likeness (QED) is 0.701. The molecular formula is C11H19NOS. The van der Waals surface area contributed by atoms with Crippen LogP contribution in [0.1, 0.15) is 12.5 Å². The van der Waals surface area contributed by atoms with E-state index in [2.05, 4.69) is 29.1 Å². The molecule has 0 aliphatic heterocycles. The summed E-state index contributed by atoms with van der Waals surface area (Å²) in [4.78, 5) is 0. The van der Waals surface area contributed by atoms with Crippen molar-refractivity contribution in [3.63, 3.8) is 0 Å². The van der Waals surface area contributed by atoms with Crippen LogP contribution < -0.4 is 5.32 Å². The summed E-state index contributed by atoms with van der Waals surface area (Å²) in [5.74, 6) is 0.696. The minimum Gasteiger partial charge on any atom is -0.383 e. The van der Waals surface area contributed by atoms with E-state index < -0.39 is 0 Å². The van der Waals surface area contributed by atoms with Gasteiger partial charge in [-0.2, -0.15) is 11.3 Å². The van der Waals surface area contributed by atoms with Gasteiger partial charge >= 0.3 is 0 Å². The van der Waals surface area contributed by atoms with Crippen molar-refractivity contribution in [2.45, 2.75) is 13.3 Å². The highest BCUT2D eigenvalue weighted by atomic mass is 32.1. The van der Waals surface area contributed by atoms with Crippen LogP contribution >= 0.6 is 11.3 Å². The molecule has 14 heavy (non-hydrogen) atoms. The van der Waals surface area contributed by atoms with Gasteiger partial charge in [0.2, 0.25) is 0 Å². The normalized spacial score (nSPS) is 13.0. The van der Waals surface area contributed by atoms with Gasteiger partial charge in [-0.05, 0) is 41.3 Å². The van der Waals surface area contributed by atoms with Gasteiger partial charge in [-0.1, -0.05) is 6.92 Å². The summed E-state index contributed by atoms with van der Waals surface area (Å²) < 4.78 is 4.97. The molecular weight excluding hydrogens is 194 g/mol. The van der Waals surface area contributed by atoms with Gasteiger partial charge in [-0.3, -0.25) is 0 Å². The second-order valence-corrected chi connectivity index (χ2v) is 4.42. The lowest BCUT2D eigenvalue weighted by atomic mass is 10.0. The van der Waals surface area contributed by atoms with E-state index in [0.717, 1.165) is 19.7 Å². The minimum atomic E-state index is 0.696. The van der Waals surface area contributed by atoms with Gasteiger partial charge in [-0.25, -0.2) is 0 Å². The van der Waals surface area contributed by atoms with Gasteiger partial charge in [-0.15, -0.1) is 0 Å². The molecule has 0 radical (unpaired) electrons. The number of nitrogens with one attached hydrogen (secondary N) is 1. The van der Waals surface area contributed by atoms with Crippen LogP contribution in [0.2, 0.25) is 0 Å². The zero-order chi connectivity index (χ0) is 10.2. The summed E-state index contributed by atoms with van der Waals surface area (Å²) in [6.07, 6.45) is 1.17. The number of hydrogen-bond donors (Lipinski definition) is 1. The molecule has 0 bridgehead atoms. The largest absolute Gasteiger partial charge is 0.383 e. The SMILES string of the molecule is COCCNCC(C)Cc1ccsc1. The molecule has 1 aromatic rings. The lowest BCUT2D eigenvalue weighted by Gasteiger charge is -2.11. The van der Waals surface area contributed by atoms with Crippen LogP contribution in [0.5, 0.6) is 0 Å². The van der Waals surface area contributed by atoms with Crippen molar-refractivity contribution in [3.05, 3.63) is 22.4 Å². The first-order valence-electron chi connectivity index (χ1n) is 5.03. The summed E-state index contributed by atoms with van der Waals surface area (Å²) in [5, 5.41) is 7.74. The van der Waals surface area contributed by atoms with Crippen molar-refractivity contribution < 1.29 is 4.74 Å². The third kappa shape index (κ3) is 4.74. The van der Waals surface area contributed by atoms with E-state index in [0.29, 0.717) is 5.92 Å². The third-order valence-electron chi connectivity index (χ3n) is 2.14. The van der Waals surface area contributed by atoms with Crippen molar-refractivity contribution in [1.82, 2.24) is 5.32 Å². The van der Waals surface area contributed by atoms with Gasteiger partial charge in [0.1, 0.15) is 0 Å². The van der Waals surface area contributed by atoms with E-state index in [4.69, 9.17) is 4.74 Å². The third-order valence-corrected chi connectivity index (χ3v) is 2.87. The van der Waals surface area contributed by atoms with Gasteiger partial charge in [0.15, 0.2) is 0 Å². The van der Waals surface area contributed by atoms with E-state index in [-0.39, 0.29) is 0 Å². The molecule has 1 heterocycles. The van der Waals surface area contributed by atoms with Gasteiger partial charge < -0.3 is 10.1 Å². The highest BCUT2D eigenvalue weighted by Crippen LogP contribution is 2.11. The van der Waals surface area contributed by atoms with Crippen molar-refractivity contribution >= 4 is 11.3 Å². The number of hydrogen-bond acceptors (Lipinski definition) is 3. The summed E-state index contributed by atoms with van der Waals surface area (Å²) in [5.41, 5.74) is 1.45. The van der Waals surface area contributed by atoms with Crippen LogP contribution in [-0.4, -0.2) is 26.8 Å². The first-order chi connectivity index (χ1) is 6.83. The molecule has 0 saturated carbocycles. The van der Waals surface area contributed by atoms with Crippen molar-refractivity contribution in [1.29, 1.82) is 0 Å². The fourth-order valence-electron chi connectivity index (χ4n) is 1.41. The zero-order valence-corrected chi connectivity index (χ0v) is 9.77. The molecule has 3 heteroatoms. The number of rotatable bonds is 7. The fourth-order valence-corrected chi connectivity index (χ4v) is 2.09. The predicted octanol–water partition coefficient (Wildman–Crippen LogP) is 2.16. The molecule has 1 rings (SSSR count). The standard InChI is InChI=1S/C11H19NOS/c1-10(8-12-4-5-13-2)7-11-3-6-14-9-11/h3,6,9-10,12H,4-5,7-8H2,1-2H3. The molecule has 0 spiro atoms. The van der Waals surface area contributed by atoms with Gasteiger partial charge in [0, 0.05) is 13.7 Å². The molecule has 1 N–H and O–H groups in total. The first-order valence-corrected chi connectivity index (χ1v) is 5.98. The van der Waals surface area contributed by atoms with Crippen LogP contribution in [0.3, 0.4) is 0 Å². The lowest BCUT2D eigenvalue weighted by molar-refractivity contribution is 0.198. The second kappa shape index (κ2) is 6.98. The molecule has 0 fully saturated rings. The topological polar surface area (TPSA) is 21.3 Å². The Bertz CT molecular complexity index is 223. The van der Waals surface area contributed by atoms with Crippen molar-refractivity contribution in [2.24, 2.45) is 5.92 Å². The average molecular weight is 213 g/mol. The lowest BCUT2D eigenvalue weighted by Crippen LogP contribution is -2.25. The molecule has 80 valence electrons. The van der Waals surface area contributed by atoms with E-state index in [1.165, 1.54) is 12.0 Å². The molecule has 0 amide bonds. The molecule has 0 saturated heterocycles. The summed E-state index contributed by atoms with van der Waals surface area (Å²) in [6.45, 7) is 5.09. The first kappa shape index (κ1) is 11.7. The Morgan fingerprint density at radius 1 is 1.57 bits per heavy atom. The van der Waals surface area contributed by atoms with Crippen LogP contribution in [-0.2, 0) is 11.2 Å². The minimum absolute atomic E-state index is 0.696. The molecule has 1 unspecified atom stereocenters. The second-order valence-electron chi connectivity index (χ2n) is 3.64. The Kier molecular flexibility index (Phi) is 5.83.